The largest absolute Gasteiger partial charge is 2.00 e. The number of carbonyl (C=O) groups is 1. The van der Waals surface area contributed by atoms with Crippen LogP contribution < -0.4 is 5.32 Å². The summed E-state index contributed by atoms with van der Waals surface area (Å²) in [6.07, 6.45) is 4.69. The van der Waals surface area contributed by atoms with E-state index in [4.69, 9.17) is 0 Å². The molecule has 0 saturated carbocycles. The zero-order valence-electron chi connectivity index (χ0n) is 8.74. The molecule has 0 rings (SSSR count). The van der Waals surface area contributed by atoms with E-state index < -0.39 is 0 Å². The number of carbonyl (C=O) groups excluding carboxylic acids is 2. The minimum Gasteiger partial charge on any atom is -0.540 e. The Morgan fingerprint density at radius 3 is 2.50 bits per heavy atom. The first-order chi connectivity index (χ1) is 5.66. The Kier molecular flexibility index (Phi) is 17.1. The van der Waals surface area contributed by atoms with Crippen molar-refractivity contribution in [2.75, 3.05) is 27.2 Å². The zero-order chi connectivity index (χ0) is 9.40. The zero-order valence-corrected chi connectivity index (χ0v) is 11.7. The molecule has 0 fully saturated rings. The van der Waals surface area contributed by atoms with Crippen molar-refractivity contribution in [2.24, 2.45) is 0 Å². The van der Waals surface area contributed by atoms with Crippen LogP contribution >= 0.6 is 0 Å². The molecule has 80 valence electrons. The number of hydrogen-bond donors (Lipinski definition) is 1. The number of likely N-dealkylation sites (N-methyl/N-ethyl adjacent to an activating group) is 1. The molecule has 1 N–H and O–H groups in total. The van der Waals surface area contributed by atoms with Gasteiger partial charge in [-0.15, -0.1) is 0 Å². The predicted octanol–water partition coefficient (Wildman–Crippen LogP) is -0.222. The summed E-state index contributed by atoms with van der Waals surface area (Å²) in [7, 11) is 3.81. The Morgan fingerprint density at radius 2 is 2.07 bits per heavy atom. The van der Waals surface area contributed by atoms with Crippen LogP contribution in [0.15, 0.2) is 12.2 Å². The summed E-state index contributed by atoms with van der Waals surface area (Å²) in [4.78, 5) is 22.4. The molecule has 0 spiro atoms. The quantitative estimate of drug-likeness (QED) is 0.539. The summed E-state index contributed by atoms with van der Waals surface area (Å²) in [5.74, 6) is -0.264. The van der Waals surface area contributed by atoms with Gasteiger partial charge in [0.15, 0.2) is 0 Å². The fraction of sp³-hybridized carbons (Fsp3) is 0.444. The van der Waals surface area contributed by atoms with Gasteiger partial charge in [-0.2, -0.15) is 0 Å². The van der Waals surface area contributed by atoms with Crippen molar-refractivity contribution in [3.05, 3.63) is 19.6 Å². The smallest absolute Gasteiger partial charge is 0.540 e. The molecule has 0 radical (unpaired) electrons. The van der Waals surface area contributed by atoms with Crippen molar-refractivity contribution in [1.29, 1.82) is 0 Å². The molecule has 0 aliphatic heterocycles. The van der Waals surface area contributed by atoms with E-state index in [2.05, 4.69) is 5.32 Å². The Bertz CT molecular complexity index is 182. The van der Waals surface area contributed by atoms with E-state index in [9.17, 15) is 9.59 Å². The van der Waals surface area contributed by atoms with Crippen LogP contribution in [0.3, 0.4) is 0 Å². The van der Waals surface area contributed by atoms with E-state index in [-0.39, 0.29) is 40.9 Å². The Labute approximate surface area is 100.0 Å². The molecule has 0 atom stereocenters. The average molecular weight is 368 g/mol. The molecule has 0 bridgehead atoms. The molecule has 4 nitrogen and oxygen atoms in total. The molecule has 0 unspecified atom stereocenters. The standard InChI is InChI=1S/C8H13N2O2.CH3.W/c1-10(2)6-3-4-8(12)9-5-7-11;;/h3-4H,5-6H2,1-2H3,(H,9,12);1H3;/q2*-1;+2/b4-3+;;. The third-order valence-electron chi connectivity index (χ3n) is 1.07. The summed E-state index contributed by atoms with van der Waals surface area (Å²) >= 11 is 0. The van der Waals surface area contributed by atoms with Gasteiger partial charge in [0, 0.05) is 12.6 Å². The van der Waals surface area contributed by atoms with Gasteiger partial charge in [-0.1, -0.05) is 12.6 Å². The summed E-state index contributed by atoms with van der Waals surface area (Å²) in [5, 5.41) is 2.34. The first-order valence-corrected chi connectivity index (χ1v) is 3.61. The molecule has 0 saturated heterocycles. The van der Waals surface area contributed by atoms with Crippen LogP contribution in [0.4, 0.5) is 0 Å². The van der Waals surface area contributed by atoms with Crippen molar-refractivity contribution in [2.45, 2.75) is 0 Å². The normalized spacial score (nSPS) is 9.07. The second kappa shape index (κ2) is 12.5. The number of nitrogens with one attached hydrogen (secondary N) is 1. The van der Waals surface area contributed by atoms with Gasteiger partial charge >= 0.3 is 21.1 Å². The molecule has 1 amide bonds. The monoisotopic (exact) mass is 368 g/mol. The molecule has 0 aliphatic carbocycles. The fourth-order valence-electron chi connectivity index (χ4n) is 0.553. The predicted molar refractivity (Wildman–Crippen MR) is 52.8 cm³/mol. The second-order valence-electron chi connectivity index (χ2n) is 2.53. The number of nitrogens with zero attached hydrogens (tertiary/aromatic N) is 1. The van der Waals surface area contributed by atoms with E-state index >= 15 is 0 Å². The van der Waals surface area contributed by atoms with Crippen molar-refractivity contribution < 1.29 is 30.7 Å². The molecule has 0 aromatic heterocycles. The van der Waals surface area contributed by atoms with Crippen LogP contribution in [0.5, 0.6) is 0 Å². The van der Waals surface area contributed by atoms with Gasteiger partial charge in [0.25, 0.3) is 0 Å². The Morgan fingerprint density at radius 1 is 1.50 bits per heavy atom. The molecule has 0 heterocycles. The molecule has 0 aromatic carbocycles. The van der Waals surface area contributed by atoms with Crippen LogP contribution in [-0.4, -0.2) is 44.3 Å². The van der Waals surface area contributed by atoms with Gasteiger partial charge in [-0.25, -0.2) is 6.29 Å². The van der Waals surface area contributed by atoms with Gasteiger partial charge < -0.3 is 22.4 Å². The van der Waals surface area contributed by atoms with E-state index in [1.54, 1.807) is 12.4 Å². The van der Waals surface area contributed by atoms with E-state index in [0.29, 0.717) is 6.54 Å². The summed E-state index contributed by atoms with van der Waals surface area (Å²) in [6.45, 7) is 0.656. The van der Waals surface area contributed by atoms with Crippen molar-refractivity contribution in [1.82, 2.24) is 10.2 Å². The van der Waals surface area contributed by atoms with Crippen molar-refractivity contribution in [3.8, 4) is 0 Å². The maximum atomic E-state index is 10.8. The van der Waals surface area contributed by atoms with Crippen molar-refractivity contribution >= 4 is 12.2 Å². The van der Waals surface area contributed by atoms with Crippen LogP contribution in [0, 0.1) is 7.43 Å². The molecular weight excluding hydrogens is 352 g/mol. The van der Waals surface area contributed by atoms with Crippen LogP contribution in [0.1, 0.15) is 0 Å². The third-order valence-corrected chi connectivity index (χ3v) is 1.07. The SMILES string of the molecule is CN(C)C/C=C/C(=O)NC[C-]=O.[CH3-].[W+2]. The Hall–Kier alpha value is -0.472. The van der Waals surface area contributed by atoms with Crippen molar-refractivity contribution in [3.63, 3.8) is 0 Å². The fourth-order valence-corrected chi connectivity index (χ4v) is 0.553. The maximum Gasteiger partial charge on any atom is 2.00 e. The van der Waals surface area contributed by atoms with E-state index in [1.807, 2.05) is 19.0 Å². The van der Waals surface area contributed by atoms with Gasteiger partial charge in [0.05, 0.1) is 0 Å². The first kappa shape index (κ1) is 19.2. The first-order valence-electron chi connectivity index (χ1n) is 3.61. The third kappa shape index (κ3) is 14.1. The van der Waals surface area contributed by atoms with Crippen LogP contribution in [-0.2, 0) is 30.7 Å². The topological polar surface area (TPSA) is 49.4 Å². The van der Waals surface area contributed by atoms with Gasteiger partial charge in [0.1, 0.15) is 0 Å². The maximum absolute atomic E-state index is 10.8. The molecule has 5 heteroatoms. The summed E-state index contributed by atoms with van der Waals surface area (Å²) in [6, 6.07) is 0. The van der Waals surface area contributed by atoms with Gasteiger partial charge in [-0.3, -0.25) is 4.79 Å². The van der Waals surface area contributed by atoms with Gasteiger partial charge in [0.2, 0.25) is 5.91 Å². The summed E-state index contributed by atoms with van der Waals surface area (Å²) < 4.78 is 0. The molecule has 0 aliphatic rings. The van der Waals surface area contributed by atoms with E-state index in [0.717, 1.165) is 0 Å². The van der Waals surface area contributed by atoms with Gasteiger partial charge in [-0.05, 0) is 14.1 Å². The number of hydrogen-bond acceptors (Lipinski definition) is 3. The second-order valence-corrected chi connectivity index (χ2v) is 2.53. The minimum absolute atomic E-state index is 0. The van der Waals surface area contributed by atoms with Crippen LogP contribution in [0.25, 0.3) is 0 Å². The Balaban J connectivity index is -0.000000605. The van der Waals surface area contributed by atoms with Crippen LogP contribution in [0.2, 0.25) is 0 Å². The minimum atomic E-state index is -0.264. The number of rotatable bonds is 5. The summed E-state index contributed by atoms with van der Waals surface area (Å²) in [5.41, 5.74) is 0. The molecular formula is C9H16N2O2W. The molecule has 0 aromatic rings. The average Bonchev–Trinajstić information content (AvgIpc) is 2.00. The molecule has 14 heavy (non-hydrogen) atoms. The van der Waals surface area contributed by atoms with E-state index in [1.165, 1.54) is 6.08 Å². The number of amides is 1.